The van der Waals surface area contributed by atoms with Crippen molar-refractivity contribution in [2.24, 2.45) is 16.7 Å². The standard InChI is InChI=1S/C28H43N3O4/c1-26(2)20-23(30-25(33)21-7-5-4-6-8-21)28(12-11-27(3,34)19-22(26)28)10-9-24(32)29-13-14-31-15-17-35-18-16-31/h4-8,22-23,34H,9-20H2,1-3H3,(H,29,32)(H,30,33)/t22-,23-,27-,28-/m0/s1. The molecule has 4 atom stereocenters. The molecule has 0 unspecified atom stereocenters. The molecule has 0 aromatic heterocycles. The van der Waals surface area contributed by atoms with Gasteiger partial charge in [0.1, 0.15) is 0 Å². The fraction of sp³-hybridized carbons (Fsp3) is 0.714. The molecule has 3 fully saturated rings. The molecule has 1 aliphatic heterocycles. The van der Waals surface area contributed by atoms with E-state index in [1.165, 1.54) is 0 Å². The van der Waals surface area contributed by atoms with Crippen molar-refractivity contribution in [3.8, 4) is 0 Å². The Hall–Kier alpha value is -1.96. The Morgan fingerprint density at radius 2 is 1.80 bits per heavy atom. The van der Waals surface area contributed by atoms with Crippen LogP contribution in [0.25, 0.3) is 0 Å². The van der Waals surface area contributed by atoms with E-state index in [0.717, 1.165) is 52.1 Å². The number of nitrogens with zero attached hydrogens (tertiary/aromatic N) is 1. The molecular formula is C28H43N3O4. The van der Waals surface area contributed by atoms with Gasteiger partial charge in [-0.1, -0.05) is 32.0 Å². The quantitative estimate of drug-likeness (QED) is 0.527. The summed E-state index contributed by atoms with van der Waals surface area (Å²) < 4.78 is 5.39. The van der Waals surface area contributed by atoms with Crippen LogP contribution >= 0.6 is 0 Å². The summed E-state index contributed by atoms with van der Waals surface area (Å²) in [5.74, 6) is 0.251. The van der Waals surface area contributed by atoms with Gasteiger partial charge in [-0.3, -0.25) is 14.5 Å². The fourth-order valence-electron chi connectivity index (χ4n) is 6.88. The average Bonchev–Trinajstić information content (AvgIpc) is 3.04. The Bertz CT molecular complexity index is 881. The predicted octanol–water partition coefficient (Wildman–Crippen LogP) is 2.98. The van der Waals surface area contributed by atoms with Crippen molar-refractivity contribution in [1.29, 1.82) is 0 Å². The summed E-state index contributed by atoms with van der Waals surface area (Å²) in [6, 6.07) is 9.33. The molecular weight excluding hydrogens is 442 g/mol. The fourth-order valence-corrected chi connectivity index (χ4v) is 6.88. The van der Waals surface area contributed by atoms with Crippen molar-refractivity contribution in [3.05, 3.63) is 35.9 Å². The smallest absolute Gasteiger partial charge is 0.251 e. The van der Waals surface area contributed by atoms with Gasteiger partial charge in [-0.2, -0.15) is 0 Å². The minimum atomic E-state index is -0.704. The summed E-state index contributed by atoms with van der Waals surface area (Å²) in [7, 11) is 0. The number of ether oxygens (including phenoxy) is 1. The number of aliphatic hydroxyl groups is 1. The highest BCUT2D eigenvalue weighted by molar-refractivity contribution is 5.94. The Morgan fingerprint density at radius 3 is 2.51 bits per heavy atom. The van der Waals surface area contributed by atoms with Crippen LogP contribution < -0.4 is 10.6 Å². The molecule has 2 amide bonds. The van der Waals surface area contributed by atoms with Crippen LogP contribution in [0.15, 0.2) is 30.3 Å². The Morgan fingerprint density at radius 1 is 1.09 bits per heavy atom. The third-order valence-electron chi connectivity index (χ3n) is 8.85. The van der Waals surface area contributed by atoms with E-state index in [-0.39, 0.29) is 34.6 Å². The normalized spacial score (nSPS) is 32.6. The number of benzene rings is 1. The van der Waals surface area contributed by atoms with Crippen molar-refractivity contribution >= 4 is 11.8 Å². The number of nitrogens with one attached hydrogen (secondary N) is 2. The molecule has 1 saturated heterocycles. The minimum Gasteiger partial charge on any atom is -0.390 e. The molecule has 7 heteroatoms. The van der Waals surface area contributed by atoms with E-state index in [4.69, 9.17) is 4.74 Å². The summed E-state index contributed by atoms with van der Waals surface area (Å²) in [5.41, 5.74) is -0.277. The molecule has 4 rings (SSSR count). The molecule has 0 spiro atoms. The van der Waals surface area contributed by atoms with E-state index in [0.29, 0.717) is 31.4 Å². The van der Waals surface area contributed by atoms with E-state index >= 15 is 0 Å². The van der Waals surface area contributed by atoms with Gasteiger partial charge in [-0.05, 0) is 67.9 Å². The van der Waals surface area contributed by atoms with E-state index in [1.54, 1.807) is 0 Å². The predicted molar refractivity (Wildman–Crippen MR) is 136 cm³/mol. The molecule has 194 valence electrons. The van der Waals surface area contributed by atoms with Crippen LogP contribution in [0.1, 0.15) is 69.7 Å². The van der Waals surface area contributed by atoms with Crippen LogP contribution in [0.4, 0.5) is 0 Å². The van der Waals surface area contributed by atoms with Gasteiger partial charge in [-0.15, -0.1) is 0 Å². The van der Waals surface area contributed by atoms with E-state index in [1.807, 2.05) is 37.3 Å². The van der Waals surface area contributed by atoms with Crippen molar-refractivity contribution in [3.63, 3.8) is 0 Å². The largest absolute Gasteiger partial charge is 0.390 e. The van der Waals surface area contributed by atoms with Crippen LogP contribution in [-0.2, 0) is 9.53 Å². The second-order valence-electron chi connectivity index (χ2n) is 11.9. The summed E-state index contributed by atoms with van der Waals surface area (Å²) in [4.78, 5) is 28.3. The molecule has 1 aromatic carbocycles. The number of hydrogen-bond donors (Lipinski definition) is 3. The zero-order valence-electron chi connectivity index (χ0n) is 21.6. The Labute approximate surface area is 210 Å². The zero-order valence-corrected chi connectivity index (χ0v) is 21.6. The highest BCUT2D eigenvalue weighted by Crippen LogP contribution is 2.63. The van der Waals surface area contributed by atoms with Gasteiger partial charge < -0.3 is 20.5 Å². The Kier molecular flexibility index (Phi) is 7.89. The monoisotopic (exact) mass is 485 g/mol. The lowest BCUT2D eigenvalue weighted by molar-refractivity contribution is -0.123. The van der Waals surface area contributed by atoms with Crippen molar-refractivity contribution in [2.45, 2.75) is 70.9 Å². The molecule has 3 aliphatic rings. The third-order valence-corrected chi connectivity index (χ3v) is 8.85. The lowest BCUT2D eigenvalue weighted by Gasteiger charge is -2.50. The first-order chi connectivity index (χ1) is 16.6. The minimum absolute atomic E-state index is 0.0209. The molecule has 35 heavy (non-hydrogen) atoms. The van der Waals surface area contributed by atoms with Gasteiger partial charge in [0.15, 0.2) is 0 Å². The van der Waals surface area contributed by atoms with Gasteiger partial charge in [0.05, 0.1) is 18.8 Å². The zero-order chi connectivity index (χ0) is 25.1. The van der Waals surface area contributed by atoms with Crippen LogP contribution in [0, 0.1) is 16.7 Å². The molecule has 2 aliphatic carbocycles. The first-order valence-electron chi connectivity index (χ1n) is 13.3. The number of fused-ring (bicyclic) bond motifs is 1. The maximum absolute atomic E-state index is 13.1. The lowest BCUT2D eigenvalue weighted by atomic mass is 9.57. The number of carbonyl (C=O) groups excluding carboxylic acids is 2. The summed E-state index contributed by atoms with van der Waals surface area (Å²) in [5, 5.41) is 17.4. The van der Waals surface area contributed by atoms with Gasteiger partial charge in [-0.25, -0.2) is 0 Å². The van der Waals surface area contributed by atoms with E-state index in [9.17, 15) is 14.7 Å². The van der Waals surface area contributed by atoms with Crippen molar-refractivity contribution in [2.75, 3.05) is 39.4 Å². The van der Waals surface area contributed by atoms with E-state index < -0.39 is 5.60 Å². The molecule has 1 heterocycles. The topological polar surface area (TPSA) is 90.9 Å². The molecule has 0 bridgehead atoms. The number of rotatable bonds is 8. The molecule has 2 saturated carbocycles. The number of carbonyl (C=O) groups is 2. The van der Waals surface area contributed by atoms with Gasteiger partial charge >= 0.3 is 0 Å². The number of amides is 2. The molecule has 3 N–H and O–H groups in total. The van der Waals surface area contributed by atoms with Gasteiger partial charge in [0.25, 0.3) is 5.91 Å². The first kappa shape index (κ1) is 26.1. The average molecular weight is 486 g/mol. The summed E-state index contributed by atoms with van der Waals surface area (Å²) in [6.07, 6.45) is 4.22. The van der Waals surface area contributed by atoms with Gasteiger partial charge in [0.2, 0.25) is 5.91 Å². The van der Waals surface area contributed by atoms with Gasteiger partial charge in [0, 0.05) is 44.2 Å². The van der Waals surface area contributed by atoms with Crippen LogP contribution in [-0.4, -0.2) is 72.9 Å². The maximum atomic E-state index is 13.1. The number of morpholine rings is 1. The second kappa shape index (κ2) is 10.6. The summed E-state index contributed by atoms with van der Waals surface area (Å²) >= 11 is 0. The first-order valence-corrected chi connectivity index (χ1v) is 13.3. The highest BCUT2D eigenvalue weighted by atomic mass is 16.5. The Balaban J connectivity index is 1.44. The van der Waals surface area contributed by atoms with Crippen LogP contribution in [0.3, 0.4) is 0 Å². The van der Waals surface area contributed by atoms with Crippen LogP contribution in [0.5, 0.6) is 0 Å². The van der Waals surface area contributed by atoms with Crippen molar-refractivity contribution < 1.29 is 19.4 Å². The van der Waals surface area contributed by atoms with Crippen LogP contribution in [0.2, 0.25) is 0 Å². The maximum Gasteiger partial charge on any atom is 0.251 e. The SMILES string of the molecule is CC1(C)C[C@H](NC(=O)c2ccccc2)[C@@]2(CCC(=O)NCCN3CCOCC3)CC[C@](C)(O)C[C@@H]12. The second-order valence-corrected chi connectivity index (χ2v) is 11.9. The highest BCUT2D eigenvalue weighted by Gasteiger charge is 2.61. The third kappa shape index (κ3) is 6.07. The van der Waals surface area contributed by atoms with Crippen molar-refractivity contribution in [1.82, 2.24) is 15.5 Å². The summed E-state index contributed by atoms with van der Waals surface area (Å²) in [6.45, 7) is 11.3. The molecule has 7 nitrogen and oxygen atoms in total. The van der Waals surface area contributed by atoms with E-state index in [2.05, 4.69) is 29.4 Å². The molecule has 0 radical (unpaired) electrons. The number of hydrogen-bond acceptors (Lipinski definition) is 5. The lowest BCUT2D eigenvalue weighted by Crippen LogP contribution is -2.52. The molecule has 1 aromatic rings.